The van der Waals surface area contributed by atoms with E-state index in [1.165, 1.54) is 4.88 Å². The highest BCUT2D eigenvalue weighted by atomic mass is 32.1. The first-order valence-corrected chi connectivity index (χ1v) is 14.3. The molecule has 0 unspecified atom stereocenters. The molecule has 4 heterocycles. The van der Waals surface area contributed by atoms with Crippen LogP contribution < -0.4 is 14.2 Å². The minimum atomic E-state index is -0.224. The zero-order valence-corrected chi connectivity index (χ0v) is 22.8. The Balaban J connectivity index is 1.21. The molecule has 0 spiro atoms. The predicted molar refractivity (Wildman–Crippen MR) is 147 cm³/mol. The number of thiophene rings is 1. The normalized spacial score (nSPS) is 19.6. The van der Waals surface area contributed by atoms with Gasteiger partial charge in [-0.1, -0.05) is 17.7 Å². The van der Waals surface area contributed by atoms with E-state index in [9.17, 15) is 9.59 Å². The molecule has 8 nitrogen and oxygen atoms in total. The van der Waals surface area contributed by atoms with Crippen molar-refractivity contribution in [3.05, 3.63) is 75.5 Å². The highest BCUT2D eigenvalue weighted by Gasteiger charge is 2.35. The third-order valence-electron chi connectivity index (χ3n) is 7.52. The number of rotatable bonds is 8. The van der Waals surface area contributed by atoms with Crippen LogP contribution in [0.15, 0.2) is 53.9 Å². The van der Waals surface area contributed by atoms with E-state index in [4.69, 9.17) is 18.9 Å². The van der Waals surface area contributed by atoms with Crippen LogP contribution in [0, 0.1) is 6.92 Å². The van der Waals surface area contributed by atoms with Gasteiger partial charge in [-0.2, -0.15) is 0 Å². The van der Waals surface area contributed by atoms with Gasteiger partial charge in [-0.05, 0) is 73.5 Å². The third kappa shape index (κ3) is 5.60. The lowest BCUT2D eigenvalue weighted by Crippen LogP contribution is -2.49. The van der Waals surface area contributed by atoms with Crippen molar-refractivity contribution in [2.75, 3.05) is 39.6 Å². The lowest BCUT2D eigenvalue weighted by Gasteiger charge is -2.37. The van der Waals surface area contributed by atoms with Crippen LogP contribution in [-0.2, 0) is 16.0 Å². The maximum atomic E-state index is 13.9. The summed E-state index contributed by atoms with van der Waals surface area (Å²) in [5.41, 5.74) is 2.75. The maximum absolute atomic E-state index is 13.9. The van der Waals surface area contributed by atoms with Crippen LogP contribution in [0.3, 0.4) is 0 Å². The molecule has 0 radical (unpaired) electrons. The summed E-state index contributed by atoms with van der Waals surface area (Å²) < 4.78 is 22.9. The Morgan fingerprint density at radius 2 is 1.95 bits per heavy atom. The number of hydrogen-bond acceptors (Lipinski definition) is 7. The second-order valence-corrected chi connectivity index (χ2v) is 11.2. The predicted octanol–water partition coefficient (Wildman–Crippen LogP) is 4.61. The van der Waals surface area contributed by atoms with Crippen LogP contribution >= 0.6 is 11.3 Å². The number of benzene rings is 2. The number of nitrogens with zero attached hydrogens (tertiary/aromatic N) is 2. The SMILES string of the molecule is Cc1ccc(OC[C@H]2c3ccsc3CCN2C(=O)CN(C[C@H]2CCCO2)C(=O)c2ccc3c(c2)OCO3)cc1. The Kier molecular flexibility index (Phi) is 7.43. The lowest BCUT2D eigenvalue weighted by atomic mass is 10.00. The van der Waals surface area contributed by atoms with Crippen molar-refractivity contribution in [2.24, 2.45) is 0 Å². The molecule has 0 bridgehead atoms. The smallest absolute Gasteiger partial charge is 0.254 e. The fourth-order valence-electron chi connectivity index (χ4n) is 5.40. The first-order chi connectivity index (χ1) is 19.0. The molecule has 1 saturated heterocycles. The van der Waals surface area contributed by atoms with Gasteiger partial charge >= 0.3 is 0 Å². The molecule has 39 heavy (non-hydrogen) atoms. The van der Waals surface area contributed by atoms with E-state index in [1.807, 2.05) is 36.1 Å². The molecule has 204 valence electrons. The monoisotopic (exact) mass is 548 g/mol. The summed E-state index contributed by atoms with van der Waals surface area (Å²) >= 11 is 1.72. The second-order valence-electron chi connectivity index (χ2n) is 10.2. The minimum absolute atomic E-state index is 0.0341. The highest BCUT2D eigenvalue weighted by molar-refractivity contribution is 7.10. The minimum Gasteiger partial charge on any atom is -0.491 e. The lowest BCUT2D eigenvalue weighted by molar-refractivity contribution is -0.135. The van der Waals surface area contributed by atoms with Gasteiger partial charge in [-0.25, -0.2) is 0 Å². The molecule has 0 saturated carbocycles. The molecule has 3 aromatic rings. The van der Waals surface area contributed by atoms with Crippen molar-refractivity contribution in [1.82, 2.24) is 9.80 Å². The van der Waals surface area contributed by atoms with E-state index in [0.29, 0.717) is 43.4 Å². The summed E-state index contributed by atoms with van der Waals surface area (Å²) in [5.74, 6) is 1.60. The van der Waals surface area contributed by atoms with Crippen molar-refractivity contribution < 1.29 is 28.5 Å². The summed E-state index contributed by atoms with van der Waals surface area (Å²) in [7, 11) is 0. The van der Waals surface area contributed by atoms with Gasteiger partial charge in [-0.15, -0.1) is 11.3 Å². The number of ether oxygens (including phenoxy) is 4. The summed E-state index contributed by atoms with van der Waals surface area (Å²) in [5, 5.41) is 2.07. The average molecular weight is 549 g/mol. The molecule has 3 aliphatic rings. The van der Waals surface area contributed by atoms with E-state index in [1.54, 1.807) is 34.4 Å². The summed E-state index contributed by atoms with van der Waals surface area (Å²) in [6.45, 7) is 4.11. The first kappa shape index (κ1) is 25.7. The number of hydrogen-bond donors (Lipinski definition) is 0. The van der Waals surface area contributed by atoms with Gasteiger partial charge in [0.2, 0.25) is 12.7 Å². The second kappa shape index (κ2) is 11.3. The third-order valence-corrected chi connectivity index (χ3v) is 8.52. The van der Waals surface area contributed by atoms with Crippen LogP contribution in [0.4, 0.5) is 0 Å². The van der Waals surface area contributed by atoms with Gasteiger partial charge in [0.15, 0.2) is 11.5 Å². The number of fused-ring (bicyclic) bond motifs is 2. The molecular weight excluding hydrogens is 516 g/mol. The molecule has 9 heteroatoms. The van der Waals surface area contributed by atoms with E-state index in [2.05, 4.69) is 11.4 Å². The first-order valence-electron chi connectivity index (χ1n) is 13.4. The Hall–Kier alpha value is -3.56. The van der Waals surface area contributed by atoms with Gasteiger partial charge in [0.05, 0.1) is 12.1 Å². The largest absolute Gasteiger partial charge is 0.491 e. The fraction of sp³-hybridized carbons (Fsp3) is 0.400. The van der Waals surface area contributed by atoms with Gasteiger partial charge in [-0.3, -0.25) is 9.59 Å². The van der Waals surface area contributed by atoms with Crippen LogP contribution in [0.2, 0.25) is 0 Å². The van der Waals surface area contributed by atoms with Crippen LogP contribution in [0.25, 0.3) is 0 Å². The number of carbonyl (C=O) groups excluding carboxylic acids is 2. The number of aryl methyl sites for hydroxylation is 1. The van der Waals surface area contributed by atoms with Gasteiger partial charge in [0, 0.05) is 30.1 Å². The van der Waals surface area contributed by atoms with Gasteiger partial charge < -0.3 is 28.7 Å². The fourth-order valence-corrected chi connectivity index (χ4v) is 6.33. The molecule has 2 amide bonds. The maximum Gasteiger partial charge on any atom is 0.254 e. The van der Waals surface area contributed by atoms with Crippen LogP contribution in [-0.4, -0.2) is 67.4 Å². The van der Waals surface area contributed by atoms with Crippen molar-refractivity contribution in [1.29, 1.82) is 0 Å². The molecule has 1 aromatic heterocycles. The van der Waals surface area contributed by atoms with E-state index >= 15 is 0 Å². The van der Waals surface area contributed by atoms with E-state index in [0.717, 1.165) is 36.1 Å². The highest BCUT2D eigenvalue weighted by Crippen LogP contribution is 2.35. The van der Waals surface area contributed by atoms with Crippen molar-refractivity contribution in [3.63, 3.8) is 0 Å². The quantitative estimate of drug-likeness (QED) is 0.409. The summed E-state index contributed by atoms with van der Waals surface area (Å²) in [6, 6.07) is 14.9. The zero-order valence-electron chi connectivity index (χ0n) is 22.0. The van der Waals surface area contributed by atoms with Gasteiger partial charge in [0.1, 0.15) is 18.9 Å². The standard InChI is InChI=1S/C30H32N2O6S/c1-20-4-7-22(8-5-20)36-18-25-24-11-14-39-28(24)10-12-32(25)29(33)17-31(16-23-3-2-13-35-23)30(34)21-6-9-26-27(15-21)38-19-37-26/h4-9,11,14-15,23,25H,2-3,10,12-13,16-19H2,1H3/t23-,25+/m1/s1. The number of amides is 2. The average Bonchev–Trinajstić information content (AvgIpc) is 3.73. The summed E-state index contributed by atoms with van der Waals surface area (Å²) in [4.78, 5) is 32.4. The molecule has 6 rings (SSSR count). The van der Waals surface area contributed by atoms with E-state index in [-0.39, 0.29) is 37.3 Å². The molecule has 0 aliphatic carbocycles. The number of carbonyl (C=O) groups is 2. The molecular formula is C30H32N2O6S. The Morgan fingerprint density at radius 3 is 2.77 bits per heavy atom. The van der Waals surface area contributed by atoms with Crippen LogP contribution in [0.1, 0.15) is 45.2 Å². The Morgan fingerprint density at radius 1 is 1.10 bits per heavy atom. The molecule has 2 atom stereocenters. The zero-order chi connectivity index (χ0) is 26.8. The van der Waals surface area contributed by atoms with Crippen molar-refractivity contribution >= 4 is 23.2 Å². The van der Waals surface area contributed by atoms with Crippen molar-refractivity contribution in [2.45, 2.75) is 38.3 Å². The molecule has 0 N–H and O–H groups in total. The van der Waals surface area contributed by atoms with Crippen LogP contribution in [0.5, 0.6) is 17.2 Å². The van der Waals surface area contributed by atoms with Crippen molar-refractivity contribution in [3.8, 4) is 17.2 Å². The van der Waals surface area contributed by atoms with Gasteiger partial charge in [0.25, 0.3) is 5.91 Å². The van der Waals surface area contributed by atoms with E-state index < -0.39 is 0 Å². The Labute approximate surface area is 232 Å². The molecule has 1 fully saturated rings. The topological polar surface area (TPSA) is 77.5 Å². The summed E-state index contributed by atoms with van der Waals surface area (Å²) in [6.07, 6.45) is 2.53. The molecule has 2 aromatic carbocycles. The molecule has 3 aliphatic heterocycles. The Bertz CT molecular complexity index is 1330.